The Bertz CT molecular complexity index is 849. The number of rotatable bonds is 6. The monoisotopic (exact) mass is 391 g/mol. The summed E-state index contributed by atoms with van der Waals surface area (Å²) in [5.74, 6) is -0.596. The normalized spacial score (nSPS) is 19.4. The molecule has 1 saturated carbocycles. The highest BCUT2D eigenvalue weighted by atomic mass is 16.5. The topological polar surface area (TPSA) is 91.2 Å². The number of ether oxygens (including phenoxy) is 1. The number of benzene rings is 2. The molecule has 6 heteroatoms. The van der Waals surface area contributed by atoms with Gasteiger partial charge in [0, 0.05) is 6.04 Å². The van der Waals surface area contributed by atoms with Crippen LogP contribution in [0.1, 0.15) is 42.9 Å². The van der Waals surface area contributed by atoms with Crippen LogP contribution in [0.3, 0.4) is 0 Å². The predicted molar refractivity (Wildman–Crippen MR) is 108 cm³/mol. The van der Waals surface area contributed by atoms with Crippen LogP contribution in [0.5, 0.6) is 0 Å². The Morgan fingerprint density at radius 3 is 2.38 bits per heavy atom. The number of hydrogen-bond acceptors (Lipinski definition) is 4. The number of carbonyl (C=O) groups excluding carboxylic acids is 2. The van der Waals surface area contributed by atoms with Gasteiger partial charge < -0.3 is 15.4 Å². The number of nitriles is 1. The minimum absolute atomic E-state index is 0.181. The van der Waals surface area contributed by atoms with Crippen molar-refractivity contribution >= 4 is 12.0 Å². The molecular formula is C23H25N3O3. The highest BCUT2D eigenvalue weighted by Gasteiger charge is 2.33. The molecule has 2 aromatic rings. The summed E-state index contributed by atoms with van der Waals surface area (Å²) < 4.78 is 5.30. The van der Waals surface area contributed by atoms with Gasteiger partial charge in [-0.25, -0.2) is 4.79 Å². The standard InChI is InChI=1S/C23H25N3O3/c24-15-21(18-11-5-2-6-12-18)25-22(27)19-13-7-8-14-20(19)26-23(28)29-16-17-9-3-1-4-10-17/h1-6,9-12,19-21H,7-8,13-14,16H2,(H,25,27)(H,26,28)/t19?,20-,21+/m1/s1. The van der Waals surface area contributed by atoms with E-state index in [1.807, 2.05) is 60.7 Å². The summed E-state index contributed by atoms with van der Waals surface area (Å²) in [6.07, 6.45) is 2.70. The fraction of sp³-hybridized carbons (Fsp3) is 0.348. The van der Waals surface area contributed by atoms with E-state index in [9.17, 15) is 14.9 Å². The molecule has 150 valence electrons. The van der Waals surface area contributed by atoms with Crippen LogP contribution in [0.4, 0.5) is 4.79 Å². The first-order valence-corrected chi connectivity index (χ1v) is 9.89. The van der Waals surface area contributed by atoms with Crippen LogP contribution in [0.2, 0.25) is 0 Å². The molecule has 0 spiro atoms. The van der Waals surface area contributed by atoms with Gasteiger partial charge >= 0.3 is 6.09 Å². The van der Waals surface area contributed by atoms with Crippen molar-refractivity contribution in [3.05, 3.63) is 71.8 Å². The van der Waals surface area contributed by atoms with Gasteiger partial charge in [0.2, 0.25) is 5.91 Å². The van der Waals surface area contributed by atoms with Gasteiger partial charge in [0.25, 0.3) is 0 Å². The summed E-state index contributed by atoms with van der Waals surface area (Å²) in [5, 5.41) is 15.1. The summed E-state index contributed by atoms with van der Waals surface area (Å²) in [6.45, 7) is 0.181. The summed E-state index contributed by atoms with van der Waals surface area (Å²) in [5.41, 5.74) is 1.64. The molecule has 2 amide bonds. The van der Waals surface area contributed by atoms with Crippen molar-refractivity contribution in [2.24, 2.45) is 5.92 Å². The zero-order valence-electron chi connectivity index (χ0n) is 16.2. The molecule has 29 heavy (non-hydrogen) atoms. The second-order valence-corrected chi connectivity index (χ2v) is 7.18. The zero-order valence-corrected chi connectivity index (χ0v) is 16.2. The van der Waals surface area contributed by atoms with Crippen molar-refractivity contribution < 1.29 is 14.3 Å². The van der Waals surface area contributed by atoms with Gasteiger partial charge in [-0.2, -0.15) is 5.26 Å². The van der Waals surface area contributed by atoms with Gasteiger partial charge in [-0.1, -0.05) is 73.5 Å². The molecule has 1 fully saturated rings. The molecule has 0 heterocycles. The number of alkyl carbamates (subject to hydrolysis) is 1. The van der Waals surface area contributed by atoms with E-state index in [0.717, 1.165) is 24.0 Å². The third-order valence-electron chi connectivity index (χ3n) is 5.17. The summed E-state index contributed by atoms with van der Waals surface area (Å²) in [7, 11) is 0. The molecule has 1 unspecified atom stereocenters. The van der Waals surface area contributed by atoms with Crippen molar-refractivity contribution in [2.75, 3.05) is 0 Å². The van der Waals surface area contributed by atoms with E-state index in [1.54, 1.807) is 0 Å². The first-order valence-electron chi connectivity index (χ1n) is 9.89. The van der Waals surface area contributed by atoms with E-state index in [0.29, 0.717) is 12.8 Å². The quantitative estimate of drug-likeness (QED) is 0.782. The lowest BCUT2D eigenvalue weighted by molar-refractivity contribution is -0.127. The first-order chi connectivity index (χ1) is 14.2. The van der Waals surface area contributed by atoms with Gasteiger partial charge in [-0.3, -0.25) is 4.79 Å². The van der Waals surface area contributed by atoms with Crippen molar-refractivity contribution in [1.29, 1.82) is 5.26 Å². The second-order valence-electron chi connectivity index (χ2n) is 7.18. The Balaban J connectivity index is 1.57. The maximum atomic E-state index is 12.9. The predicted octanol–water partition coefficient (Wildman–Crippen LogP) is 3.85. The molecule has 1 aliphatic rings. The SMILES string of the molecule is N#C[C@H](NC(=O)C1CCCC[C@H]1NC(=O)OCc1ccccc1)c1ccccc1. The van der Waals surface area contributed by atoms with Crippen LogP contribution in [0.25, 0.3) is 0 Å². The molecule has 2 aromatic carbocycles. The average Bonchev–Trinajstić information content (AvgIpc) is 2.77. The van der Waals surface area contributed by atoms with Gasteiger partial charge in [-0.05, 0) is 24.0 Å². The lowest BCUT2D eigenvalue weighted by Gasteiger charge is -2.31. The number of carbonyl (C=O) groups is 2. The number of hydrogen-bond donors (Lipinski definition) is 2. The zero-order chi connectivity index (χ0) is 20.5. The Morgan fingerprint density at radius 2 is 1.69 bits per heavy atom. The van der Waals surface area contributed by atoms with Crippen molar-refractivity contribution in [3.63, 3.8) is 0 Å². The van der Waals surface area contributed by atoms with E-state index >= 15 is 0 Å². The first kappa shape index (κ1) is 20.4. The van der Waals surface area contributed by atoms with Gasteiger partial charge in [0.1, 0.15) is 12.6 Å². The summed E-state index contributed by atoms with van der Waals surface area (Å²) >= 11 is 0. The smallest absolute Gasteiger partial charge is 0.407 e. The molecule has 1 aliphatic carbocycles. The van der Waals surface area contributed by atoms with Crippen LogP contribution < -0.4 is 10.6 Å². The third kappa shape index (κ3) is 5.82. The number of nitrogens with one attached hydrogen (secondary N) is 2. The molecule has 0 aromatic heterocycles. The second kappa shape index (κ2) is 10.3. The van der Waals surface area contributed by atoms with Crippen LogP contribution >= 0.6 is 0 Å². The Kier molecular flexibility index (Phi) is 7.23. The molecule has 2 N–H and O–H groups in total. The molecular weight excluding hydrogens is 366 g/mol. The van der Waals surface area contributed by atoms with Gasteiger partial charge in [-0.15, -0.1) is 0 Å². The molecule has 3 atom stereocenters. The maximum absolute atomic E-state index is 12.9. The fourth-order valence-corrected chi connectivity index (χ4v) is 3.62. The lowest BCUT2D eigenvalue weighted by atomic mass is 9.83. The van der Waals surface area contributed by atoms with Crippen LogP contribution in [-0.4, -0.2) is 18.0 Å². The van der Waals surface area contributed by atoms with E-state index in [4.69, 9.17) is 4.74 Å². The van der Waals surface area contributed by atoms with E-state index in [2.05, 4.69) is 16.7 Å². The highest BCUT2D eigenvalue weighted by Crippen LogP contribution is 2.26. The minimum atomic E-state index is -0.712. The molecule has 0 saturated heterocycles. The van der Waals surface area contributed by atoms with Gasteiger partial charge in [0.15, 0.2) is 0 Å². The Hall–Kier alpha value is -3.33. The van der Waals surface area contributed by atoms with E-state index in [-0.39, 0.29) is 24.5 Å². The lowest BCUT2D eigenvalue weighted by Crippen LogP contribution is -2.49. The Morgan fingerprint density at radius 1 is 1.03 bits per heavy atom. The highest BCUT2D eigenvalue weighted by molar-refractivity contribution is 5.81. The van der Waals surface area contributed by atoms with Crippen LogP contribution in [0.15, 0.2) is 60.7 Å². The van der Waals surface area contributed by atoms with Gasteiger partial charge in [0.05, 0.1) is 12.0 Å². The third-order valence-corrected chi connectivity index (χ3v) is 5.17. The number of amides is 2. The fourth-order valence-electron chi connectivity index (χ4n) is 3.62. The number of nitrogens with zero attached hydrogens (tertiary/aromatic N) is 1. The van der Waals surface area contributed by atoms with Crippen molar-refractivity contribution in [2.45, 2.75) is 44.4 Å². The van der Waals surface area contributed by atoms with Crippen LogP contribution in [-0.2, 0) is 16.1 Å². The van der Waals surface area contributed by atoms with Crippen molar-refractivity contribution in [3.8, 4) is 6.07 Å². The molecule has 3 rings (SSSR count). The molecule has 0 aliphatic heterocycles. The van der Waals surface area contributed by atoms with Crippen molar-refractivity contribution in [1.82, 2.24) is 10.6 Å². The molecule has 0 radical (unpaired) electrons. The van der Waals surface area contributed by atoms with E-state index < -0.39 is 12.1 Å². The average molecular weight is 391 g/mol. The Labute approximate surface area is 170 Å². The molecule has 0 bridgehead atoms. The summed E-state index contributed by atoms with van der Waals surface area (Å²) in [4.78, 5) is 25.1. The molecule has 6 nitrogen and oxygen atoms in total. The minimum Gasteiger partial charge on any atom is -0.445 e. The largest absolute Gasteiger partial charge is 0.445 e. The maximum Gasteiger partial charge on any atom is 0.407 e. The summed E-state index contributed by atoms with van der Waals surface area (Å²) in [6, 6.07) is 19.7. The van der Waals surface area contributed by atoms with E-state index in [1.165, 1.54) is 0 Å². The van der Waals surface area contributed by atoms with Crippen LogP contribution in [0, 0.1) is 17.2 Å².